The summed E-state index contributed by atoms with van der Waals surface area (Å²) < 4.78 is 66.5. The van der Waals surface area contributed by atoms with E-state index in [-0.39, 0.29) is 5.56 Å². The van der Waals surface area contributed by atoms with Crippen molar-refractivity contribution in [3.63, 3.8) is 0 Å². The van der Waals surface area contributed by atoms with Crippen LogP contribution in [-0.4, -0.2) is 5.11 Å². The van der Waals surface area contributed by atoms with E-state index in [0.717, 1.165) is 6.07 Å². The van der Waals surface area contributed by atoms with Gasteiger partial charge in [-0.05, 0) is 18.6 Å². The zero-order valence-electron chi connectivity index (χ0n) is 10.2. The third kappa shape index (κ3) is 2.51. The lowest BCUT2D eigenvalue weighted by molar-refractivity contribution is 0.203. The van der Waals surface area contributed by atoms with Crippen LogP contribution in [0.25, 0.3) is 0 Å². The Balaban J connectivity index is 2.57. The van der Waals surface area contributed by atoms with Crippen molar-refractivity contribution in [1.29, 1.82) is 0 Å². The van der Waals surface area contributed by atoms with Crippen LogP contribution in [0.2, 0.25) is 0 Å². The molecule has 0 saturated carbocycles. The Morgan fingerprint density at radius 1 is 0.800 bits per heavy atom. The Kier molecular flexibility index (Phi) is 3.76. The molecule has 0 heterocycles. The molecule has 1 N–H and O–H groups in total. The Bertz CT molecular complexity index is 646. The van der Waals surface area contributed by atoms with Gasteiger partial charge in [0.2, 0.25) is 0 Å². The summed E-state index contributed by atoms with van der Waals surface area (Å²) in [5.41, 5.74) is -1.38. The average Bonchev–Trinajstić information content (AvgIpc) is 2.32. The van der Waals surface area contributed by atoms with Gasteiger partial charge in [-0.25, -0.2) is 22.0 Å². The van der Waals surface area contributed by atoms with Gasteiger partial charge in [-0.3, -0.25) is 0 Å². The van der Waals surface area contributed by atoms with E-state index >= 15 is 0 Å². The highest BCUT2D eigenvalue weighted by Crippen LogP contribution is 2.30. The van der Waals surface area contributed by atoms with Crippen LogP contribution >= 0.6 is 0 Å². The summed E-state index contributed by atoms with van der Waals surface area (Å²) in [6, 6.07) is 2.19. The number of benzene rings is 2. The van der Waals surface area contributed by atoms with Crippen molar-refractivity contribution in [2.75, 3.05) is 0 Å². The summed E-state index contributed by atoms with van der Waals surface area (Å²) in [5.74, 6) is -5.86. The predicted molar refractivity (Wildman–Crippen MR) is 61.5 cm³/mol. The average molecular weight is 288 g/mol. The summed E-state index contributed by atoms with van der Waals surface area (Å²) in [7, 11) is 0. The molecule has 0 aliphatic rings. The van der Waals surface area contributed by atoms with Crippen molar-refractivity contribution in [2.45, 2.75) is 13.0 Å². The number of aliphatic hydroxyl groups excluding tert-OH is 1. The van der Waals surface area contributed by atoms with E-state index in [2.05, 4.69) is 0 Å². The molecule has 1 nitrogen and oxygen atoms in total. The van der Waals surface area contributed by atoms with Crippen LogP contribution in [0, 0.1) is 36.0 Å². The largest absolute Gasteiger partial charge is 0.383 e. The number of rotatable bonds is 2. The van der Waals surface area contributed by atoms with Crippen LogP contribution in [0.4, 0.5) is 22.0 Å². The summed E-state index contributed by atoms with van der Waals surface area (Å²) in [4.78, 5) is 0. The third-order valence-corrected chi connectivity index (χ3v) is 2.89. The second-order valence-corrected chi connectivity index (χ2v) is 4.31. The van der Waals surface area contributed by atoms with E-state index in [1.807, 2.05) is 0 Å². The van der Waals surface area contributed by atoms with Crippen LogP contribution in [0.5, 0.6) is 0 Å². The van der Waals surface area contributed by atoms with Crippen LogP contribution in [0.15, 0.2) is 24.3 Å². The molecule has 0 saturated heterocycles. The van der Waals surface area contributed by atoms with Gasteiger partial charge >= 0.3 is 0 Å². The van der Waals surface area contributed by atoms with Crippen molar-refractivity contribution in [1.82, 2.24) is 0 Å². The number of hydrogen-bond acceptors (Lipinski definition) is 1. The van der Waals surface area contributed by atoms with Gasteiger partial charge in [0, 0.05) is 23.8 Å². The molecule has 20 heavy (non-hydrogen) atoms. The fraction of sp³-hybridized carbons (Fsp3) is 0.143. The molecule has 1 atom stereocenters. The normalized spacial score (nSPS) is 12.6. The molecular weight excluding hydrogens is 279 g/mol. The standard InChI is InChI=1S/C14H9F5O/c1-6-2-8(10(17)5-9(6)16)14(20)13-11(18)3-7(15)4-12(13)19/h2-5,14,20H,1H3. The zero-order valence-corrected chi connectivity index (χ0v) is 10.2. The lowest BCUT2D eigenvalue weighted by Gasteiger charge is -2.15. The van der Waals surface area contributed by atoms with Crippen molar-refractivity contribution in [3.05, 3.63) is 70.0 Å². The fourth-order valence-electron chi connectivity index (χ4n) is 1.86. The van der Waals surface area contributed by atoms with Crippen LogP contribution in [-0.2, 0) is 0 Å². The Hall–Kier alpha value is -1.95. The molecule has 1 unspecified atom stereocenters. The highest BCUT2D eigenvalue weighted by molar-refractivity contribution is 5.35. The van der Waals surface area contributed by atoms with Gasteiger partial charge in [-0.15, -0.1) is 0 Å². The zero-order chi connectivity index (χ0) is 15.0. The maximum atomic E-state index is 13.6. The molecule has 0 amide bonds. The van der Waals surface area contributed by atoms with Crippen LogP contribution in [0.3, 0.4) is 0 Å². The van der Waals surface area contributed by atoms with Crippen molar-refractivity contribution < 1.29 is 27.1 Å². The maximum absolute atomic E-state index is 13.6. The van der Waals surface area contributed by atoms with Crippen LogP contribution < -0.4 is 0 Å². The smallest absolute Gasteiger partial charge is 0.135 e. The summed E-state index contributed by atoms with van der Waals surface area (Å²) in [5, 5.41) is 9.88. The van der Waals surface area contributed by atoms with Gasteiger partial charge in [-0.1, -0.05) is 0 Å². The molecule has 6 heteroatoms. The number of aliphatic hydroxyl groups is 1. The highest BCUT2D eigenvalue weighted by atomic mass is 19.2. The topological polar surface area (TPSA) is 20.2 Å². The van der Waals surface area contributed by atoms with E-state index in [9.17, 15) is 27.1 Å². The van der Waals surface area contributed by atoms with E-state index in [1.54, 1.807) is 0 Å². The van der Waals surface area contributed by atoms with Gasteiger partial charge in [0.15, 0.2) is 0 Å². The first-order valence-corrected chi connectivity index (χ1v) is 5.59. The molecule has 0 fully saturated rings. The first-order valence-electron chi connectivity index (χ1n) is 5.59. The van der Waals surface area contributed by atoms with Crippen LogP contribution in [0.1, 0.15) is 22.8 Å². The second-order valence-electron chi connectivity index (χ2n) is 4.31. The van der Waals surface area contributed by atoms with Crippen molar-refractivity contribution in [2.24, 2.45) is 0 Å². The molecule has 0 aromatic heterocycles. The first-order chi connectivity index (χ1) is 9.31. The molecule has 0 aliphatic carbocycles. The minimum absolute atomic E-state index is 0.00313. The number of aryl methyl sites for hydroxylation is 1. The molecule has 0 radical (unpaired) electrons. The lowest BCUT2D eigenvalue weighted by Crippen LogP contribution is -2.09. The molecule has 2 rings (SSSR count). The van der Waals surface area contributed by atoms with E-state index < -0.39 is 46.3 Å². The molecule has 0 spiro atoms. The Labute approximate surface area is 111 Å². The molecule has 2 aromatic carbocycles. The van der Waals surface area contributed by atoms with Crippen molar-refractivity contribution in [3.8, 4) is 0 Å². The van der Waals surface area contributed by atoms with E-state index in [4.69, 9.17) is 0 Å². The second kappa shape index (κ2) is 5.20. The summed E-state index contributed by atoms with van der Waals surface area (Å²) in [6.45, 7) is 1.31. The van der Waals surface area contributed by atoms with Gasteiger partial charge in [0.1, 0.15) is 35.2 Å². The monoisotopic (exact) mass is 288 g/mol. The third-order valence-electron chi connectivity index (χ3n) is 2.89. The summed E-state index contributed by atoms with van der Waals surface area (Å²) in [6.07, 6.45) is -2.00. The molecule has 2 aromatic rings. The van der Waals surface area contributed by atoms with Crippen molar-refractivity contribution >= 4 is 0 Å². The van der Waals surface area contributed by atoms with Gasteiger partial charge < -0.3 is 5.11 Å². The van der Waals surface area contributed by atoms with E-state index in [1.165, 1.54) is 6.92 Å². The Morgan fingerprint density at radius 3 is 1.90 bits per heavy atom. The molecule has 0 bridgehead atoms. The highest BCUT2D eigenvalue weighted by Gasteiger charge is 2.24. The molecular formula is C14H9F5O. The Morgan fingerprint density at radius 2 is 1.35 bits per heavy atom. The first kappa shape index (κ1) is 14.5. The number of halogens is 5. The van der Waals surface area contributed by atoms with E-state index in [0.29, 0.717) is 18.2 Å². The summed E-state index contributed by atoms with van der Waals surface area (Å²) >= 11 is 0. The van der Waals surface area contributed by atoms with Gasteiger partial charge in [0.05, 0.1) is 5.56 Å². The molecule has 106 valence electrons. The predicted octanol–water partition coefficient (Wildman–Crippen LogP) is 3.77. The lowest BCUT2D eigenvalue weighted by atomic mass is 9.98. The van der Waals surface area contributed by atoms with Gasteiger partial charge in [0.25, 0.3) is 0 Å². The quantitative estimate of drug-likeness (QED) is 0.834. The van der Waals surface area contributed by atoms with Gasteiger partial charge in [-0.2, -0.15) is 0 Å². The maximum Gasteiger partial charge on any atom is 0.135 e. The number of hydrogen-bond donors (Lipinski definition) is 1. The molecule has 0 aliphatic heterocycles. The fourth-order valence-corrected chi connectivity index (χ4v) is 1.86. The minimum atomic E-state index is -2.00. The SMILES string of the molecule is Cc1cc(C(O)c2c(F)cc(F)cc2F)c(F)cc1F. The minimum Gasteiger partial charge on any atom is -0.383 e.